The van der Waals surface area contributed by atoms with Gasteiger partial charge in [0.1, 0.15) is 5.82 Å². The van der Waals surface area contributed by atoms with Gasteiger partial charge >= 0.3 is 0 Å². The fraction of sp³-hybridized carbons (Fsp3) is 0.571. The molecule has 0 atom stereocenters. The van der Waals surface area contributed by atoms with Gasteiger partial charge in [0, 0.05) is 13.1 Å². The van der Waals surface area contributed by atoms with Crippen molar-refractivity contribution in [2.24, 2.45) is 0 Å². The highest BCUT2D eigenvalue weighted by atomic mass is 19.1. The molecule has 1 heterocycles. The normalized spacial score (nSPS) is 17.3. The molecule has 0 unspecified atom stereocenters. The van der Waals surface area contributed by atoms with Crippen LogP contribution < -0.4 is 0 Å². The van der Waals surface area contributed by atoms with Crippen molar-refractivity contribution in [2.75, 3.05) is 32.8 Å². The summed E-state index contributed by atoms with van der Waals surface area (Å²) in [5, 5.41) is 0. The van der Waals surface area contributed by atoms with Crippen molar-refractivity contribution in [2.45, 2.75) is 19.8 Å². The zero-order chi connectivity index (χ0) is 12.1. The zero-order valence-corrected chi connectivity index (χ0v) is 10.4. The lowest BCUT2D eigenvalue weighted by molar-refractivity contribution is 0.0374. The monoisotopic (exact) mass is 237 g/mol. The summed E-state index contributed by atoms with van der Waals surface area (Å²) in [6.07, 6.45) is 1.84. The molecule has 1 saturated heterocycles. The van der Waals surface area contributed by atoms with Crippen LogP contribution in [0.4, 0.5) is 4.39 Å². The first-order valence-corrected chi connectivity index (χ1v) is 6.31. The number of aryl methyl sites for hydroxylation is 2. The van der Waals surface area contributed by atoms with Gasteiger partial charge in [-0.1, -0.05) is 12.1 Å². The maximum Gasteiger partial charge on any atom is 0.126 e. The third-order valence-electron chi connectivity index (χ3n) is 3.23. The van der Waals surface area contributed by atoms with Crippen LogP contribution in [0, 0.1) is 12.7 Å². The number of nitrogens with zero attached hydrogens (tertiary/aromatic N) is 1. The maximum atomic E-state index is 13.6. The summed E-state index contributed by atoms with van der Waals surface area (Å²) in [5.41, 5.74) is 1.82. The lowest BCUT2D eigenvalue weighted by Gasteiger charge is -2.26. The molecule has 3 heteroatoms. The third-order valence-corrected chi connectivity index (χ3v) is 3.23. The summed E-state index contributed by atoms with van der Waals surface area (Å²) >= 11 is 0. The average Bonchev–Trinajstić information content (AvgIpc) is 2.33. The molecule has 0 saturated carbocycles. The Kier molecular flexibility index (Phi) is 4.51. The minimum atomic E-state index is -0.0630. The van der Waals surface area contributed by atoms with Gasteiger partial charge in [-0.2, -0.15) is 0 Å². The van der Waals surface area contributed by atoms with Crippen molar-refractivity contribution < 1.29 is 9.13 Å². The molecular weight excluding hydrogens is 217 g/mol. The number of rotatable bonds is 4. The van der Waals surface area contributed by atoms with Crippen LogP contribution in [-0.4, -0.2) is 37.7 Å². The minimum absolute atomic E-state index is 0.0630. The van der Waals surface area contributed by atoms with E-state index in [1.54, 1.807) is 6.07 Å². The molecule has 0 radical (unpaired) electrons. The molecule has 1 aromatic rings. The number of benzene rings is 1. The summed E-state index contributed by atoms with van der Waals surface area (Å²) in [7, 11) is 0. The molecule has 2 rings (SSSR count). The Morgan fingerprint density at radius 1 is 1.29 bits per heavy atom. The third kappa shape index (κ3) is 3.79. The molecule has 0 aromatic heterocycles. The molecule has 0 amide bonds. The summed E-state index contributed by atoms with van der Waals surface area (Å²) in [4.78, 5) is 2.38. The largest absolute Gasteiger partial charge is 0.379 e. The average molecular weight is 237 g/mol. The van der Waals surface area contributed by atoms with E-state index in [1.807, 2.05) is 19.1 Å². The number of hydrogen-bond donors (Lipinski definition) is 0. The van der Waals surface area contributed by atoms with Crippen LogP contribution in [0.25, 0.3) is 0 Å². The van der Waals surface area contributed by atoms with Crippen LogP contribution in [0.5, 0.6) is 0 Å². The smallest absolute Gasteiger partial charge is 0.126 e. The highest BCUT2D eigenvalue weighted by Gasteiger charge is 2.10. The number of halogens is 1. The molecule has 1 aliphatic rings. The van der Waals surface area contributed by atoms with Gasteiger partial charge in [-0.3, -0.25) is 4.90 Å². The highest BCUT2D eigenvalue weighted by Crippen LogP contribution is 2.12. The molecule has 1 aromatic carbocycles. The van der Waals surface area contributed by atoms with Crippen molar-refractivity contribution in [1.82, 2.24) is 4.90 Å². The van der Waals surface area contributed by atoms with E-state index in [1.165, 1.54) is 0 Å². The number of hydrogen-bond acceptors (Lipinski definition) is 2. The van der Waals surface area contributed by atoms with E-state index in [0.717, 1.165) is 56.8 Å². The van der Waals surface area contributed by atoms with Crippen LogP contribution in [0.1, 0.15) is 17.5 Å². The van der Waals surface area contributed by atoms with Gasteiger partial charge in [0.15, 0.2) is 0 Å². The SMILES string of the molecule is Cc1ccc(CCCN2CCOCC2)c(F)c1. The van der Waals surface area contributed by atoms with Gasteiger partial charge < -0.3 is 4.74 Å². The molecule has 1 aliphatic heterocycles. The van der Waals surface area contributed by atoms with Crippen molar-refractivity contribution in [3.05, 3.63) is 35.1 Å². The molecule has 0 spiro atoms. The molecule has 17 heavy (non-hydrogen) atoms. The predicted molar refractivity (Wildman–Crippen MR) is 66.7 cm³/mol. The van der Waals surface area contributed by atoms with Crippen LogP contribution in [-0.2, 0) is 11.2 Å². The Balaban J connectivity index is 1.77. The van der Waals surface area contributed by atoms with Crippen molar-refractivity contribution in [1.29, 1.82) is 0 Å². The first-order chi connectivity index (χ1) is 8.25. The Labute approximate surface area is 102 Å². The Hall–Kier alpha value is -0.930. The predicted octanol–water partition coefficient (Wildman–Crippen LogP) is 2.40. The van der Waals surface area contributed by atoms with E-state index in [0.29, 0.717) is 0 Å². The van der Waals surface area contributed by atoms with Crippen LogP contribution in [0.15, 0.2) is 18.2 Å². The summed E-state index contributed by atoms with van der Waals surface area (Å²) in [6, 6.07) is 5.50. The summed E-state index contributed by atoms with van der Waals surface area (Å²) in [6.45, 7) is 6.64. The van der Waals surface area contributed by atoms with Gasteiger partial charge in [0.25, 0.3) is 0 Å². The lowest BCUT2D eigenvalue weighted by atomic mass is 10.1. The molecule has 0 N–H and O–H groups in total. The van der Waals surface area contributed by atoms with Crippen LogP contribution >= 0.6 is 0 Å². The fourth-order valence-electron chi connectivity index (χ4n) is 2.17. The summed E-state index contributed by atoms with van der Waals surface area (Å²) in [5.74, 6) is -0.0630. The Morgan fingerprint density at radius 3 is 2.76 bits per heavy atom. The van der Waals surface area contributed by atoms with E-state index in [4.69, 9.17) is 4.74 Å². The van der Waals surface area contributed by atoms with Crippen molar-refractivity contribution in [3.63, 3.8) is 0 Å². The highest BCUT2D eigenvalue weighted by molar-refractivity contribution is 5.23. The van der Waals surface area contributed by atoms with E-state index >= 15 is 0 Å². The first-order valence-electron chi connectivity index (χ1n) is 6.31. The first kappa shape index (κ1) is 12.5. The lowest BCUT2D eigenvalue weighted by Crippen LogP contribution is -2.36. The van der Waals surface area contributed by atoms with Gasteiger partial charge in [-0.05, 0) is 43.5 Å². The molecule has 94 valence electrons. The van der Waals surface area contributed by atoms with E-state index < -0.39 is 0 Å². The zero-order valence-electron chi connectivity index (χ0n) is 10.4. The quantitative estimate of drug-likeness (QED) is 0.797. The maximum absolute atomic E-state index is 13.6. The standard InChI is InChI=1S/C14H20FNO/c1-12-4-5-13(14(15)11-12)3-2-6-16-7-9-17-10-8-16/h4-5,11H,2-3,6-10H2,1H3. The van der Waals surface area contributed by atoms with Gasteiger partial charge in [0.2, 0.25) is 0 Å². The van der Waals surface area contributed by atoms with Crippen LogP contribution in [0.3, 0.4) is 0 Å². The molecule has 0 aliphatic carbocycles. The topological polar surface area (TPSA) is 12.5 Å². The Bertz CT molecular complexity index is 361. The second-order valence-electron chi connectivity index (χ2n) is 4.65. The molecule has 0 bridgehead atoms. The second-order valence-corrected chi connectivity index (χ2v) is 4.65. The molecule has 2 nitrogen and oxygen atoms in total. The van der Waals surface area contributed by atoms with E-state index in [-0.39, 0.29) is 5.82 Å². The van der Waals surface area contributed by atoms with E-state index in [9.17, 15) is 4.39 Å². The number of morpholine rings is 1. The van der Waals surface area contributed by atoms with Gasteiger partial charge in [-0.15, -0.1) is 0 Å². The van der Waals surface area contributed by atoms with Gasteiger partial charge in [-0.25, -0.2) is 4.39 Å². The molecular formula is C14H20FNO. The fourth-order valence-corrected chi connectivity index (χ4v) is 2.17. The summed E-state index contributed by atoms with van der Waals surface area (Å²) < 4.78 is 18.9. The minimum Gasteiger partial charge on any atom is -0.379 e. The van der Waals surface area contributed by atoms with Crippen LogP contribution in [0.2, 0.25) is 0 Å². The van der Waals surface area contributed by atoms with Crippen molar-refractivity contribution in [3.8, 4) is 0 Å². The van der Waals surface area contributed by atoms with Gasteiger partial charge in [0.05, 0.1) is 13.2 Å². The Morgan fingerprint density at radius 2 is 2.06 bits per heavy atom. The van der Waals surface area contributed by atoms with E-state index in [2.05, 4.69) is 4.90 Å². The number of ether oxygens (including phenoxy) is 1. The second kappa shape index (κ2) is 6.12. The van der Waals surface area contributed by atoms with Crippen molar-refractivity contribution >= 4 is 0 Å². The molecule has 1 fully saturated rings.